The summed E-state index contributed by atoms with van der Waals surface area (Å²) in [6.07, 6.45) is 0.265. The average Bonchev–Trinajstić information content (AvgIpc) is 2.91. The smallest absolute Gasteiger partial charge is 0.244 e. The van der Waals surface area contributed by atoms with Crippen molar-refractivity contribution in [2.75, 3.05) is 24.5 Å². The summed E-state index contributed by atoms with van der Waals surface area (Å²) < 4.78 is 26.5. The van der Waals surface area contributed by atoms with Crippen molar-refractivity contribution in [1.82, 2.24) is 20.5 Å². The third-order valence-corrected chi connectivity index (χ3v) is 3.54. The van der Waals surface area contributed by atoms with Crippen LogP contribution in [0, 0.1) is 11.6 Å². The summed E-state index contributed by atoms with van der Waals surface area (Å²) in [5.74, 6) is 0.0515. The molecule has 0 bridgehead atoms. The lowest BCUT2D eigenvalue weighted by Gasteiger charge is -2.30. The van der Waals surface area contributed by atoms with Gasteiger partial charge >= 0.3 is 0 Å². The van der Waals surface area contributed by atoms with Crippen LogP contribution in [0.15, 0.2) is 18.2 Å². The van der Waals surface area contributed by atoms with Crippen molar-refractivity contribution < 1.29 is 8.78 Å². The maximum Gasteiger partial charge on any atom is 0.244 e. The Morgan fingerprint density at radius 3 is 3.00 bits per heavy atom. The summed E-state index contributed by atoms with van der Waals surface area (Å²) >= 11 is 0. The second kappa shape index (κ2) is 5.77. The zero-order valence-electron chi connectivity index (χ0n) is 11.7. The zero-order valence-corrected chi connectivity index (χ0v) is 11.7. The predicted molar refractivity (Wildman–Crippen MR) is 75.2 cm³/mol. The van der Waals surface area contributed by atoms with Gasteiger partial charge in [0.1, 0.15) is 17.5 Å². The van der Waals surface area contributed by atoms with Crippen LogP contribution in [0.25, 0.3) is 0 Å². The van der Waals surface area contributed by atoms with Crippen LogP contribution in [-0.4, -0.2) is 40.9 Å². The third kappa shape index (κ3) is 3.18. The molecular weight excluding hydrogens is 276 g/mol. The van der Waals surface area contributed by atoms with Crippen LogP contribution in [0.1, 0.15) is 18.3 Å². The number of benzene rings is 1. The van der Waals surface area contributed by atoms with E-state index >= 15 is 0 Å². The molecule has 0 saturated carbocycles. The number of nitrogens with zero attached hydrogens (tertiary/aromatic N) is 3. The molecule has 112 valence electrons. The summed E-state index contributed by atoms with van der Waals surface area (Å²) in [5, 5.41) is 10.4. The lowest BCUT2D eigenvalue weighted by Crippen LogP contribution is -2.49. The van der Waals surface area contributed by atoms with E-state index in [-0.39, 0.29) is 6.42 Å². The van der Waals surface area contributed by atoms with E-state index in [4.69, 9.17) is 0 Å². The highest BCUT2D eigenvalue weighted by molar-refractivity contribution is 5.31. The van der Waals surface area contributed by atoms with Crippen LogP contribution in [0.2, 0.25) is 0 Å². The highest BCUT2D eigenvalue weighted by Crippen LogP contribution is 2.15. The van der Waals surface area contributed by atoms with Gasteiger partial charge in [0.05, 0.1) is 0 Å². The molecule has 1 fully saturated rings. The maximum absolute atomic E-state index is 13.6. The quantitative estimate of drug-likeness (QED) is 0.900. The lowest BCUT2D eigenvalue weighted by molar-refractivity contribution is 0.480. The summed E-state index contributed by atoms with van der Waals surface area (Å²) in [6, 6.07) is 3.94. The van der Waals surface area contributed by atoms with Crippen molar-refractivity contribution >= 4 is 5.95 Å². The Morgan fingerprint density at radius 2 is 2.24 bits per heavy atom. The number of H-pyrrole nitrogens is 1. The molecule has 0 amide bonds. The highest BCUT2D eigenvalue weighted by atomic mass is 19.1. The van der Waals surface area contributed by atoms with Crippen molar-refractivity contribution in [2.45, 2.75) is 19.4 Å². The molecule has 21 heavy (non-hydrogen) atoms. The topological polar surface area (TPSA) is 56.8 Å². The van der Waals surface area contributed by atoms with Crippen LogP contribution in [0.4, 0.5) is 14.7 Å². The SMILES string of the molecule is C[C@@H]1CN(c2n[nH]c(Cc3ccc(F)cc3F)n2)CCN1. The predicted octanol–water partition coefficient (Wildman–Crippen LogP) is 1.47. The molecule has 7 heteroatoms. The van der Waals surface area contributed by atoms with Crippen LogP contribution in [0.5, 0.6) is 0 Å². The number of halogens is 2. The van der Waals surface area contributed by atoms with E-state index in [1.165, 1.54) is 12.1 Å². The second-order valence-corrected chi connectivity index (χ2v) is 5.30. The van der Waals surface area contributed by atoms with Crippen molar-refractivity contribution in [3.05, 3.63) is 41.2 Å². The van der Waals surface area contributed by atoms with Gasteiger partial charge in [-0.15, -0.1) is 5.10 Å². The summed E-state index contributed by atoms with van der Waals surface area (Å²) in [4.78, 5) is 6.48. The van der Waals surface area contributed by atoms with Gasteiger partial charge in [0.15, 0.2) is 0 Å². The van der Waals surface area contributed by atoms with E-state index in [0.29, 0.717) is 23.4 Å². The fraction of sp³-hybridized carbons (Fsp3) is 0.429. The minimum absolute atomic E-state index is 0.265. The Labute approximate surface area is 121 Å². The van der Waals surface area contributed by atoms with Crippen molar-refractivity contribution in [3.8, 4) is 0 Å². The number of hydrogen-bond donors (Lipinski definition) is 2. The first kappa shape index (κ1) is 13.9. The van der Waals surface area contributed by atoms with Gasteiger partial charge in [0.2, 0.25) is 5.95 Å². The van der Waals surface area contributed by atoms with E-state index in [1.54, 1.807) is 0 Å². The molecule has 5 nitrogen and oxygen atoms in total. The molecule has 2 heterocycles. The van der Waals surface area contributed by atoms with Gasteiger partial charge in [-0.25, -0.2) is 8.78 Å². The lowest BCUT2D eigenvalue weighted by atomic mass is 10.1. The van der Waals surface area contributed by atoms with Crippen LogP contribution in [-0.2, 0) is 6.42 Å². The summed E-state index contributed by atoms with van der Waals surface area (Å²) in [7, 11) is 0. The molecule has 1 saturated heterocycles. The normalized spacial score (nSPS) is 19.0. The molecule has 1 atom stereocenters. The summed E-state index contributed by atoms with van der Waals surface area (Å²) in [5.41, 5.74) is 0.396. The van der Waals surface area contributed by atoms with E-state index in [1.807, 2.05) is 0 Å². The number of aromatic nitrogens is 3. The molecule has 2 N–H and O–H groups in total. The number of aromatic amines is 1. The molecule has 1 aliphatic heterocycles. The molecule has 1 aliphatic rings. The van der Waals surface area contributed by atoms with E-state index in [9.17, 15) is 8.78 Å². The van der Waals surface area contributed by atoms with Crippen LogP contribution in [0.3, 0.4) is 0 Å². The van der Waals surface area contributed by atoms with Gasteiger partial charge in [-0.1, -0.05) is 6.07 Å². The molecule has 0 aliphatic carbocycles. The van der Waals surface area contributed by atoms with Gasteiger partial charge in [-0.05, 0) is 18.6 Å². The molecule has 3 rings (SSSR count). The van der Waals surface area contributed by atoms with Crippen LogP contribution >= 0.6 is 0 Å². The molecule has 1 aromatic carbocycles. The van der Waals surface area contributed by atoms with Crippen molar-refractivity contribution in [2.24, 2.45) is 0 Å². The average molecular weight is 293 g/mol. The van der Waals surface area contributed by atoms with E-state index < -0.39 is 11.6 Å². The number of nitrogens with one attached hydrogen (secondary N) is 2. The standard InChI is InChI=1S/C14H17F2N5/c1-9-8-21(5-4-17-9)14-18-13(19-20-14)6-10-2-3-11(15)7-12(10)16/h2-3,7,9,17H,4-6,8H2,1H3,(H,18,19,20)/t9-/m1/s1. The fourth-order valence-corrected chi connectivity index (χ4v) is 2.47. The van der Waals surface area contributed by atoms with Crippen molar-refractivity contribution in [1.29, 1.82) is 0 Å². The molecule has 0 radical (unpaired) electrons. The Hall–Kier alpha value is -2.02. The maximum atomic E-state index is 13.6. The first-order valence-electron chi connectivity index (χ1n) is 6.95. The first-order valence-corrected chi connectivity index (χ1v) is 6.95. The van der Waals surface area contributed by atoms with Gasteiger partial charge in [0, 0.05) is 38.2 Å². The zero-order chi connectivity index (χ0) is 14.8. The molecular formula is C14H17F2N5. The second-order valence-electron chi connectivity index (χ2n) is 5.30. The number of hydrogen-bond acceptors (Lipinski definition) is 4. The minimum atomic E-state index is -0.579. The fourth-order valence-electron chi connectivity index (χ4n) is 2.47. The number of piperazine rings is 1. The monoisotopic (exact) mass is 293 g/mol. The Balaban J connectivity index is 1.72. The van der Waals surface area contributed by atoms with Crippen LogP contribution < -0.4 is 10.2 Å². The largest absolute Gasteiger partial charge is 0.337 e. The minimum Gasteiger partial charge on any atom is -0.337 e. The Morgan fingerprint density at radius 1 is 1.38 bits per heavy atom. The molecule has 1 aromatic heterocycles. The Bertz CT molecular complexity index is 628. The molecule has 2 aromatic rings. The first-order chi connectivity index (χ1) is 10.1. The highest BCUT2D eigenvalue weighted by Gasteiger charge is 2.19. The van der Waals surface area contributed by atoms with Gasteiger partial charge < -0.3 is 10.2 Å². The van der Waals surface area contributed by atoms with Crippen molar-refractivity contribution in [3.63, 3.8) is 0 Å². The summed E-state index contributed by atoms with van der Waals surface area (Å²) in [6.45, 7) is 4.67. The van der Waals surface area contributed by atoms with Gasteiger partial charge in [-0.3, -0.25) is 5.10 Å². The Kier molecular flexibility index (Phi) is 3.83. The van der Waals surface area contributed by atoms with Gasteiger partial charge in [-0.2, -0.15) is 4.98 Å². The van der Waals surface area contributed by atoms with E-state index in [2.05, 4.69) is 32.3 Å². The van der Waals surface area contributed by atoms with Gasteiger partial charge in [0.25, 0.3) is 0 Å². The molecule has 0 unspecified atom stereocenters. The molecule has 0 spiro atoms. The third-order valence-electron chi connectivity index (χ3n) is 3.54. The van der Waals surface area contributed by atoms with E-state index in [0.717, 1.165) is 25.7 Å². The number of anilines is 1. The number of rotatable bonds is 3.